The maximum absolute atomic E-state index is 13.7. The zero-order valence-electron chi connectivity index (χ0n) is 23.1. The van der Waals surface area contributed by atoms with Crippen molar-refractivity contribution in [2.45, 2.75) is 46.1 Å². The molecular weight excluding hydrogens is 516 g/mol. The first-order valence-corrected chi connectivity index (χ1v) is 14.1. The molecule has 0 fully saturated rings. The van der Waals surface area contributed by atoms with Crippen molar-refractivity contribution >= 4 is 34.4 Å². The van der Waals surface area contributed by atoms with Gasteiger partial charge in [0.2, 0.25) is 0 Å². The van der Waals surface area contributed by atoms with Gasteiger partial charge in [0.1, 0.15) is 0 Å². The zero-order chi connectivity index (χ0) is 28.7. The lowest BCUT2D eigenvalue weighted by Crippen LogP contribution is -2.44. The number of pyridine rings is 2. The summed E-state index contributed by atoms with van der Waals surface area (Å²) in [6, 6.07) is 15.6. The van der Waals surface area contributed by atoms with Crippen molar-refractivity contribution in [2.24, 2.45) is 5.92 Å². The van der Waals surface area contributed by atoms with Crippen molar-refractivity contribution in [1.29, 1.82) is 0 Å². The van der Waals surface area contributed by atoms with Gasteiger partial charge in [0, 0.05) is 52.0 Å². The van der Waals surface area contributed by atoms with Crippen LogP contribution in [-0.2, 0) is 6.54 Å². The lowest BCUT2D eigenvalue weighted by molar-refractivity contribution is 0.0566. The molecule has 0 saturated carbocycles. The summed E-state index contributed by atoms with van der Waals surface area (Å²) >= 11 is 0. The van der Waals surface area contributed by atoms with Crippen molar-refractivity contribution in [2.75, 3.05) is 6.54 Å². The van der Waals surface area contributed by atoms with Crippen molar-refractivity contribution < 1.29 is 19.2 Å². The quantitative estimate of drug-likeness (QED) is 0.242. The monoisotopic (exact) mass is 546 g/mol. The Kier molecular flexibility index (Phi) is 6.91. The van der Waals surface area contributed by atoms with E-state index in [1.54, 1.807) is 42.7 Å². The predicted octanol–water partition coefficient (Wildman–Crippen LogP) is 5.91. The molecule has 8 heteroatoms. The van der Waals surface area contributed by atoms with Gasteiger partial charge in [-0.3, -0.25) is 38.9 Å². The Balaban J connectivity index is 1.35. The second kappa shape index (κ2) is 10.7. The molecule has 2 aliphatic heterocycles. The molecule has 4 heterocycles. The van der Waals surface area contributed by atoms with Crippen LogP contribution in [0, 0.1) is 5.92 Å². The summed E-state index contributed by atoms with van der Waals surface area (Å²) in [5.41, 5.74) is 3.38. The Morgan fingerprint density at radius 2 is 1.27 bits per heavy atom. The molecule has 2 aromatic heterocycles. The van der Waals surface area contributed by atoms with Crippen LogP contribution >= 0.6 is 0 Å². The molecule has 4 amide bonds. The molecule has 0 spiro atoms. The molecule has 1 unspecified atom stereocenters. The lowest BCUT2D eigenvalue weighted by atomic mass is 9.85. The van der Waals surface area contributed by atoms with E-state index in [1.807, 2.05) is 24.3 Å². The molecule has 2 aromatic carbocycles. The fourth-order valence-electron chi connectivity index (χ4n) is 5.87. The van der Waals surface area contributed by atoms with E-state index in [-0.39, 0.29) is 24.3 Å². The molecule has 4 aromatic rings. The third-order valence-corrected chi connectivity index (χ3v) is 8.14. The largest absolute Gasteiger partial charge is 0.274 e. The van der Waals surface area contributed by atoms with Crippen molar-refractivity contribution in [3.63, 3.8) is 0 Å². The molecule has 0 aliphatic carbocycles. The zero-order valence-corrected chi connectivity index (χ0v) is 23.1. The van der Waals surface area contributed by atoms with Gasteiger partial charge in [-0.1, -0.05) is 39.2 Å². The number of nitrogens with zero attached hydrogens (tertiary/aromatic N) is 4. The predicted molar refractivity (Wildman–Crippen MR) is 154 cm³/mol. The highest BCUT2D eigenvalue weighted by Crippen LogP contribution is 2.38. The van der Waals surface area contributed by atoms with Gasteiger partial charge in [0.25, 0.3) is 23.6 Å². The number of unbranched alkanes of at least 4 members (excludes halogenated alkanes) is 1. The van der Waals surface area contributed by atoms with Gasteiger partial charge in [-0.05, 0) is 66.4 Å². The number of hydrogen-bond acceptors (Lipinski definition) is 6. The fourth-order valence-corrected chi connectivity index (χ4v) is 5.87. The molecule has 0 radical (unpaired) electrons. The third kappa shape index (κ3) is 4.49. The highest BCUT2D eigenvalue weighted by atomic mass is 16.2. The fraction of sp³-hybridized carbons (Fsp3) is 0.273. The molecule has 0 bridgehead atoms. The van der Waals surface area contributed by atoms with Crippen LogP contribution < -0.4 is 0 Å². The first kappa shape index (κ1) is 26.5. The number of amides is 4. The highest BCUT2D eigenvalue weighted by Gasteiger charge is 2.40. The standard InChI is InChI=1S/C33H30N4O4/c1-3-5-8-20(4-2)18-36-30(38)22-10-12-24-29-25(13-11-23(28(22)29)31(36)39)33(41)37(32(24)40)19-21-14-16-35-27(17-21)26-9-6-7-15-34-26/h6-7,9-17,20H,3-5,8,18-19H2,1-2H3. The smallest absolute Gasteiger partial charge is 0.261 e. The van der Waals surface area contributed by atoms with Gasteiger partial charge in [-0.15, -0.1) is 0 Å². The van der Waals surface area contributed by atoms with Crippen molar-refractivity contribution in [3.05, 3.63) is 94.8 Å². The second-order valence-corrected chi connectivity index (χ2v) is 10.7. The van der Waals surface area contributed by atoms with Crippen LogP contribution in [-0.4, -0.2) is 49.9 Å². The Bertz CT molecular complexity index is 1640. The first-order valence-electron chi connectivity index (χ1n) is 14.1. The molecular formula is C33H30N4O4. The first-order chi connectivity index (χ1) is 19.9. The molecule has 41 heavy (non-hydrogen) atoms. The molecule has 0 N–H and O–H groups in total. The third-order valence-electron chi connectivity index (χ3n) is 8.14. The normalized spacial score (nSPS) is 15.2. The number of imide groups is 2. The average Bonchev–Trinajstić information content (AvgIpc) is 3.01. The lowest BCUT2D eigenvalue weighted by Gasteiger charge is -2.33. The summed E-state index contributed by atoms with van der Waals surface area (Å²) < 4.78 is 0. The van der Waals surface area contributed by atoms with Crippen LogP contribution in [0.3, 0.4) is 0 Å². The number of carbonyl (C=O) groups is 4. The van der Waals surface area contributed by atoms with Gasteiger partial charge < -0.3 is 0 Å². The van der Waals surface area contributed by atoms with Crippen LogP contribution in [0.1, 0.15) is 86.5 Å². The van der Waals surface area contributed by atoms with Crippen molar-refractivity contribution in [3.8, 4) is 11.4 Å². The van der Waals surface area contributed by atoms with Gasteiger partial charge in [0.15, 0.2) is 0 Å². The van der Waals surface area contributed by atoms with Crippen LogP contribution in [0.15, 0.2) is 67.0 Å². The highest BCUT2D eigenvalue weighted by molar-refractivity contribution is 6.33. The van der Waals surface area contributed by atoms with E-state index in [9.17, 15) is 19.2 Å². The van der Waals surface area contributed by atoms with Crippen LogP contribution in [0.2, 0.25) is 0 Å². The van der Waals surface area contributed by atoms with Gasteiger partial charge >= 0.3 is 0 Å². The summed E-state index contributed by atoms with van der Waals surface area (Å²) in [4.78, 5) is 65.9. The molecule has 206 valence electrons. The number of aromatic nitrogens is 2. The minimum absolute atomic E-state index is 0.0479. The van der Waals surface area contributed by atoms with E-state index in [0.717, 1.165) is 31.2 Å². The van der Waals surface area contributed by atoms with E-state index in [1.165, 1.54) is 9.80 Å². The Hall–Kier alpha value is -4.72. The van der Waals surface area contributed by atoms with E-state index in [4.69, 9.17) is 0 Å². The number of rotatable bonds is 9. The average molecular weight is 547 g/mol. The summed E-state index contributed by atoms with van der Waals surface area (Å²) in [5, 5.41) is 0.782. The maximum Gasteiger partial charge on any atom is 0.261 e. The Morgan fingerprint density at radius 3 is 1.80 bits per heavy atom. The Labute approximate surface area is 238 Å². The summed E-state index contributed by atoms with van der Waals surface area (Å²) in [5.74, 6) is -1.45. The van der Waals surface area contributed by atoms with Gasteiger partial charge in [-0.2, -0.15) is 0 Å². The van der Waals surface area contributed by atoms with Crippen molar-refractivity contribution in [1.82, 2.24) is 19.8 Å². The topological polar surface area (TPSA) is 101 Å². The van der Waals surface area contributed by atoms with E-state index in [0.29, 0.717) is 51.0 Å². The van der Waals surface area contributed by atoms with E-state index in [2.05, 4.69) is 23.8 Å². The molecule has 0 saturated heterocycles. The maximum atomic E-state index is 13.7. The Morgan fingerprint density at radius 1 is 0.683 bits per heavy atom. The SMILES string of the molecule is CCCCC(CC)CN1C(=O)c2ccc3c4c(ccc(c24)C1=O)C(=O)N(Cc1ccnc(-c2ccccn2)c1)C3=O. The second-order valence-electron chi connectivity index (χ2n) is 10.7. The number of carbonyl (C=O) groups excluding carboxylic acids is 4. The van der Waals surface area contributed by atoms with E-state index < -0.39 is 11.8 Å². The van der Waals surface area contributed by atoms with E-state index >= 15 is 0 Å². The number of benzene rings is 2. The summed E-state index contributed by atoms with van der Waals surface area (Å²) in [6.45, 7) is 4.61. The van der Waals surface area contributed by atoms with Crippen LogP contribution in [0.25, 0.3) is 22.2 Å². The molecule has 8 nitrogen and oxygen atoms in total. The molecule has 2 aliphatic rings. The minimum atomic E-state index is -0.463. The van der Waals surface area contributed by atoms with Crippen LogP contribution in [0.5, 0.6) is 0 Å². The van der Waals surface area contributed by atoms with Crippen LogP contribution in [0.4, 0.5) is 0 Å². The molecule has 1 atom stereocenters. The summed E-state index contributed by atoms with van der Waals surface area (Å²) in [7, 11) is 0. The molecule has 6 rings (SSSR count). The van der Waals surface area contributed by atoms with Gasteiger partial charge in [-0.25, -0.2) is 0 Å². The summed E-state index contributed by atoms with van der Waals surface area (Å²) in [6.07, 6.45) is 7.22. The minimum Gasteiger partial charge on any atom is -0.274 e. The number of hydrogen-bond donors (Lipinski definition) is 0. The van der Waals surface area contributed by atoms with Gasteiger partial charge in [0.05, 0.1) is 17.9 Å².